The summed E-state index contributed by atoms with van der Waals surface area (Å²) in [5.74, 6) is 2.44. The average Bonchev–Trinajstić information content (AvgIpc) is 3.32. The van der Waals surface area contributed by atoms with Crippen molar-refractivity contribution in [3.05, 3.63) is 94.0 Å². The molecule has 3 aliphatic rings. The van der Waals surface area contributed by atoms with Crippen molar-refractivity contribution in [2.45, 2.75) is 49.8 Å². The van der Waals surface area contributed by atoms with Crippen LogP contribution in [-0.2, 0) is 0 Å². The molecule has 2 heterocycles. The highest BCUT2D eigenvalue weighted by Gasteiger charge is 2.52. The Morgan fingerprint density at radius 3 is 2.55 bits per heavy atom. The number of hydrogen-bond acceptors (Lipinski definition) is 4. The molecule has 168 valence electrons. The van der Waals surface area contributed by atoms with E-state index in [1.54, 1.807) is 7.11 Å². The number of methoxy groups -OCH3 is 1. The average molecular weight is 503 g/mol. The van der Waals surface area contributed by atoms with Gasteiger partial charge >= 0.3 is 0 Å². The second kappa shape index (κ2) is 8.21. The fourth-order valence-corrected chi connectivity index (χ4v) is 6.14. The van der Waals surface area contributed by atoms with E-state index in [2.05, 4.69) is 81.6 Å². The molecule has 0 N–H and O–H groups in total. The van der Waals surface area contributed by atoms with E-state index in [1.165, 1.54) is 11.1 Å². The number of nitrogens with zero attached hydrogens (tertiary/aromatic N) is 2. The SMILES string of the molecule is COc1ccccc1C1=NN2[C@H](C1)c1cc(Br)ccc1OC21CCC(c2ccccc2)CC1. The second-order valence-corrected chi connectivity index (χ2v) is 10.1. The van der Waals surface area contributed by atoms with Crippen molar-refractivity contribution in [3.63, 3.8) is 0 Å². The summed E-state index contributed by atoms with van der Waals surface area (Å²) in [5.41, 5.74) is 4.37. The van der Waals surface area contributed by atoms with Crippen molar-refractivity contribution in [3.8, 4) is 11.5 Å². The summed E-state index contributed by atoms with van der Waals surface area (Å²) in [5, 5.41) is 7.50. The summed E-state index contributed by atoms with van der Waals surface area (Å²) in [4.78, 5) is 0. The molecule has 2 aliphatic heterocycles. The molecule has 1 atom stereocenters. The zero-order valence-electron chi connectivity index (χ0n) is 18.7. The molecule has 1 aliphatic carbocycles. The molecule has 1 spiro atoms. The third-order valence-corrected chi connectivity index (χ3v) is 7.91. The standard InChI is InChI=1S/C28H27BrN2O2/c1-32-26-10-6-5-9-22(26)24-18-25-23-17-21(29)11-12-27(23)33-28(31(25)30-24)15-13-20(14-16-28)19-7-3-2-4-8-19/h2-12,17,20,25H,13-16,18H2,1H3/t20?,25-,28?/m1/s1. The fourth-order valence-electron chi connectivity index (χ4n) is 5.76. The number of halogens is 1. The smallest absolute Gasteiger partial charge is 0.198 e. The van der Waals surface area contributed by atoms with E-state index in [0.29, 0.717) is 5.92 Å². The van der Waals surface area contributed by atoms with Crippen LogP contribution in [0.1, 0.15) is 60.8 Å². The van der Waals surface area contributed by atoms with Gasteiger partial charge in [-0.2, -0.15) is 5.10 Å². The molecule has 4 nitrogen and oxygen atoms in total. The first-order valence-corrected chi connectivity index (χ1v) is 12.5. The maximum absolute atomic E-state index is 6.82. The molecule has 0 unspecified atom stereocenters. The van der Waals surface area contributed by atoms with Gasteiger partial charge in [-0.25, -0.2) is 5.01 Å². The molecule has 1 fully saturated rings. The minimum atomic E-state index is -0.402. The third-order valence-electron chi connectivity index (χ3n) is 7.41. The van der Waals surface area contributed by atoms with Gasteiger partial charge in [0.1, 0.15) is 11.5 Å². The Bertz CT molecular complexity index is 1200. The van der Waals surface area contributed by atoms with Gasteiger partial charge in [-0.15, -0.1) is 0 Å². The number of ether oxygens (including phenoxy) is 2. The van der Waals surface area contributed by atoms with Crippen LogP contribution in [0, 0.1) is 0 Å². The second-order valence-electron chi connectivity index (χ2n) is 9.23. The summed E-state index contributed by atoms with van der Waals surface area (Å²) in [6.07, 6.45) is 4.96. The van der Waals surface area contributed by atoms with E-state index in [0.717, 1.165) is 59.4 Å². The fraction of sp³-hybridized carbons (Fsp3) is 0.321. The zero-order valence-corrected chi connectivity index (χ0v) is 20.3. The molecule has 3 aromatic rings. The monoisotopic (exact) mass is 502 g/mol. The van der Waals surface area contributed by atoms with Gasteiger partial charge < -0.3 is 9.47 Å². The van der Waals surface area contributed by atoms with Crippen LogP contribution in [0.3, 0.4) is 0 Å². The molecule has 0 aromatic heterocycles. The van der Waals surface area contributed by atoms with Crippen LogP contribution >= 0.6 is 15.9 Å². The van der Waals surface area contributed by atoms with Crippen LogP contribution in [0.2, 0.25) is 0 Å². The van der Waals surface area contributed by atoms with E-state index >= 15 is 0 Å². The van der Waals surface area contributed by atoms with Crippen molar-refractivity contribution in [2.24, 2.45) is 5.10 Å². The van der Waals surface area contributed by atoms with Gasteiger partial charge in [0.15, 0.2) is 5.72 Å². The van der Waals surface area contributed by atoms with Crippen LogP contribution in [-0.4, -0.2) is 23.6 Å². The Hall–Kier alpha value is -2.79. The highest BCUT2D eigenvalue weighted by molar-refractivity contribution is 9.10. The Morgan fingerprint density at radius 2 is 1.76 bits per heavy atom. The van der Waals surface area contributed by atoms with Gasteiger partial charge in [-0.3, -0.25) is 0 Å². The number of benzene rings is 3. The van der Waals surface area contributed by atoms with Gasteiger partial charge in [-0.05, 0) is 54.7 Å². The van der Waals surface area contributed by atoms with Gasteiger partial charge in [0.2, 0.25) is 0 Å². The summed E-state index contributed by atoms with van der Waals surface area (Å²) in [6.45, 7) is 0. The van der Waals surface area contributed by atoms with Gasteiger partial charge in [0.25, 0.3) is 0 Å². The third kappa shape index (κ3) is 3.54. The molecule has 0 amide bonds. The van der Waals surface area contributed by atoms with Crippen molar-refractivity contribution < 1.29 is 9.47 Å². The summed E-state index contributed by atoms with van der Waals surface area (Å²) in [7, 11) is 1.73. The minimum Gasteiger partial charge on any atom is -0.496 e. The number of para-hydroxylation sites is 1. The lowest BCUT2D eigenvalue weighted by Crippen LogP contribution is -2.55. The van der Waals surface area contributed by atoms with Crippen LogP contribution in [0.15, 0.2) is 82.4 Å². The first-order chi connectivity index (χ1) is 16.2. The first kappa shape index (κ1) is 20.8. The van der Waals surface area contributed by atoms with E-state index in [-0.39, 0.29) is 6.04 Å². The van der Waals surface area contributed by atoms with Crippen molar-refractivity contribution in [1.82, 2.24) is 5.01 Å². The summed E-state index contributed by atoms with van der Waals surface area (Å²) < 4.78 is 13.6. The van der Waals surface area contributed by atoms with Crippen LogP contribution in [0.4, 0.5) is 0 Å². The molecule has 33 heavy (non-hydrogen) atoms. The predicted octanol–water partition coefficient (Wildman–Crippen LogP) is 7.06. The molecule has 1 saturated carbocycles. The molecule has 5 heteroatoms. The van der Waals surface area contributed by atoms with Crippen LogP contribution in [0.25, 0.3) is 0 Å². The highest BCUT2D eigenvalue weighted by Crippen LogP contribution is 2.53. The molecule has 0 radical (unpaired) electrons. The Morgan fingerprint density at radius 1 is 1.00 bits per heavy atom. The lowest BCUT2D eigenvalue weighted by molar-refractivity contribution is -0.142. The quantitative estimate of drug-likeness (QED) is 0.384. The van der Waals surface area contributed by atoms with Gasteiger partial charge in [-0.1, -0.05) is 58.4 Å². The van der Waals surface area contributed by atoms with Crippen molar-refractivity contribution in [2.75, 3.05) is 7.11 Å². The Balaban J connectivity index is 1.38. The molecule has 3 aromatic carbocycles. The molecular weight excluding hydrogens is 476 g/mol. The lowest BCUT2D eigenvalue weighted by Gasteiger charge is -2.50. The van der Waals surface area contributed by atoms with Crippen molar-refractivity contribution >= 4 is 21.6 Å². The molecule has 0 bridgehead atoms. The van der Waals surface area contributed by atoms with Crippen molar-refractivity contribution in [1.29, 1.82) is 0 Å². The number of hydrazone groups is 1. The van der Waals surface area contributed by atoms with E-state index in [4.69, 9.17) is 14.6 Å². The molecule has 6 rings (SSSR count). The van der Waals surface area contributed by atoms with Gasteiger partial charge in [0.05, 0.1) is 18.9 Å². The summed E-state index contributed by atoms with van der Waals surface area (Å²) in [6, 6.07) is 25.6. The minimum absolute atomic E-state index is 0.166. The normalized spacial score (nSPS) is 25.8. The predicted molar refractivity (Wildman–Crippen MR) is 134 cm³/mol. The molecule has 0 saturated heterocycles. The highest BCUT2D eigenvalue weighted by atomic mass is 79.9. The first-order valence-electron chi connectivity index (χ1n) is 11.7. The number of rotatable bonds is 3. The van der Waals surface area contributed by atoms with Crippen LogP contribution in [0.5, 0.6) is 11.5 Å². The zero-order chi connectivity index (χ0) is 22.4. The maximum Gasteiger partial charge on any atom is 0.198 e. The topological polar surface area (TPSA) is 34.1 Å². The van der Waals surface area contributed by atoms with Crippen LogP contribution < -0.4 is 9.47 Å². The van der Waals surface area contributed by atoms with E-state index < -0.39 is 5.72 Å². The number of fused-ring (bicyclic) bond motifs is 4. The summed E-state index contributed by atoms with van der Waals surface area (Å²) >= 11 is 3.66. The molecular formula is C28H27BrN2O2. The lowest BCUT2D eigenvalue weighted by atomic mass is 9.78. The largest absolute Gasteiger partial charge is 0.496 e. The van der Waals surface area contributed by atoms with Gasteiger partial charge in [0, 0.05) is 34.9 Å². The van der Waals surface area contributed by atoms with E-state index in [9.17, 15) is 0 Å². The Kier molecular flexibility index (Phi) is 5.17. The van der Waals surface area contributed by atoms with E-state index in [1.807, 2.05) is 12.1 Å². The maximum atomic E-state index is 6.82. The number of hydrogen-bond donors (Lipinski definition) is 0. The Labute approximate surface area is 203 Å².